The van der Waals surface area contributed by atoms with Crippen molar-refractivity contribution in [2.75, 3.05) is 0 Å². The zero-order valence-electron chi connectivity index (χ0n) is 10.3. The van der Waals surface area contributed by atoms with Crippen LogP contribution in [0.25, 0.3) is 0 Å². The fourth-order valence-corrected chi connectivity index (χ4v) is 1.98. The predicted molar refractivity (Wildman–Crippen MR) is 67.8 cm³/mol. The van der Waals surface area contributed by atoms with Gasteiger partial charge in [0.05, 0.1) is 0 Å². The Bertz CT molecular complexity index is 393. The Morgan fingerprint density at radius 1 is 1.25 bits per heavy atom. The van der Waals surface area contributed by atoms with Gasteiger partial charge in [-0.25, -0.2) is 0 Å². The van der Waals surface area contributed by atoms with Crippen molar-refractivity contribution >= 4 is 5.91 Å². The number of carbonyl (C=O) groups excluding carboxylic acids is 1. The predicted octanol–water partition coefficient (Wildman–Crippen LogP) is 3.20. The fourth-order valence-electron chi connectivity index (χ4n) is 1.98. The first-order valence-corrected chi connectivity index (χ1v) is 5.33. The zero-order valence-corrected chi connectivity index (χ0v) is 10.3. The molecule has 0 saturated heterocycles. The minimum atomic E-state index is -0.255. The van der Waals surface area contributed by atoms with Crippen molar-refractivity contribution in [2.24, 2.45) is 0 Å². The molecule has 0 aliphatic carbocycles. The number of amides is 1. The molecule has 0 radical (unpaired) electrons. The molecular formula is C14H19NO. The van der Waals surface area contributed by atoms with Crippen LogP contribution in [-0.4, -0.2) is 16.3 Å². The number of hydrogen-bond donors (Lipinski definition) is 0. The van der Waals surface area contributed by atoms with E-state index >= 15 is 0 Å². The number of nitrogens with zero attached hydrogens (tertiary/aromatic N) is 1. The van der Waals surface area contributed by atoms with E-state index in [0.717, 1.165) is 11.3 Å². The summed E-state index contributed by atoms with van der Waals surface area (Å²) < 4.78 is 0. The van der Waals surface area contributed by atoms with Crippen molar-refractivity contribution in [3.8, 4) is 0 Å². The van der Waals surface area contributed by atoms with E-state index < -0.39 is 0 Å². The van der Waals surface area contributed by atoms with Crippen molar-refractivity contribution < 1.29 is 4.79 Å². The van der Waals surface area contributed by atoms with E-state index in [1.165, 1.54) is 0 Å². The molecule has 0 aromatic carbocycles. The summed E-state index contributed by atoms with van der Waals surface area (Å²) >= 11 is 0. The summed E-state index contributed by atoms with van der Waals surface area (Å²) in [6, 6.07) is 0. The largest absolute Gasteiger partial charge is 0.307 e. The Hall–Kier alpha value is -1.57. The third-order valence-electron chi connectivity index (χ3n) is 2.61. The van der Waals surface area contributed by atoms with Gasteiger partial charge in [0, 0.05) is 23.2 Å². The average Bonchev–Trinajstić information content (AvgIpc) is 2.14. The average molecular weight is 217 g/mol. The summed E-state index contributed by atoms with van der Waals surface area (Å²) in [7, 11) is 0. The number of rotatable bonds is 2. The van der Waals surface area contributed by atoms with Gasteiger partial charge in [-0.3, -0.25) is 4.79 Å². The van der Waals surface area contributed by atoms with Gasteiger partial charge in [-0.1, -0.05) is 31.9 Å². The van der Waals surface area contributed by atoms with Crippen molar-refractivity contribution in [3.05, 3.63) is 48.7 Å². The lowest BCUT2D eigenvalue weighted by molar-refractivity contribution is -0.129. The maximum atomic E-state index is 12.3. The van der Waals surface area contributed by atoms with Crippen LogP contribution in [0.3, 0.4) is 0 Å². The lowest BCUT2D eigenvalue weighted by Crippen LogP contribution is -2.47. The van der Waals surface area contributed by atoms with Crippen molar-refractivity contribution in [3.63, 3.8) is 0 Å². The highest BCUT2D eigenvalue weighted by Gasteiger charge is 2.34. The van der Waals surface area contributed by atoms with E-state index in [0.29, 0.717) is 12.0 Å². The Kier molecular flexibility index (Phi) is 3.22. The quantitative estimate of drug-likeness (QED) is 0.695. The summed E-state index contributed by atoms with van der Waals surface area (Å²) in [4.78, 5) is 14.0. The maximum absolute atomic E-state index is 12.3. The molecule has 1 rings (SSSR count). The molecule has 0 aromatic rings. The van der Waals surface area contributed by atoms with Crippen molar-refractivity contribution in [1.29, 1.82) is 0 Å². The van der Waals surface area contributed by atoms with Crippen LogP contribution in [0.2, 0.25) is 0 Å². The third kappa shape index (κ3) is 2.01. The van der Waals surface area contributed by atoms with Gasteiger partial charge >= 0.3 is 0 Å². The van der Waals surface area contributed by atoms with Gasteiger partial charge in [-0.05, 0) is 26.3 Å². The van der Waals surface area contributed by atoms with Gasteiger partial charge in [0.15, 0.2) is 0 Å². The van der Waals surface area contributed by atoms with Crippen LogP contribution in [0.15, 0.2) is 48.7 Å². The van der Waals surface area contributed by atoms with Crippen LogP contribution >= 0.6 is 0 Å². The number of hydrogen-bond acceptors (Lipinski definition) is 1. The van der Waals surface area contributed by atoms with E-state index in [-0.39, 0.29) is 11.4 Å². The topological polar surface area (TPSA) is 20.3 Å². The molecule has 0 aromatic heterocycles. The van der Waals surface area contributed by atoms with Crippen LogP contribution in [0, 0.1) is 0 Å². The molecule has 1 aliphatic rings. The van der Waals surface area contributed by atoms with Gasteiger partial charge in [-0.2, -0.15) is 0 Å². The number of carbonyl (C=O) groups is 1. The van der Waals surface area contributed by atoms with Crippen LogP contribution in [0.4, 0.5) is 0 Å². The Labute approximate surface area is 97.6 Å². The number of allylic oxidation sites excluding steroid dienone is 2. The zero-order chi connectivity index (χ0) is 12.5. The van der Waals surface area contributed by atoms with E-state index in [1.54, 1.807) is 17.1 Å². The Balaban J connectivity index is 3.29. The van der Waals surface area contributed by atoms with Gasteiger partial charge in [0.1, 0.15) is 0 Å². The molecule has 1 heterocycles. The smallest absolute Gasteiger partial charge is 0.258 e. The van der Waals surface area contributed by atoms with Crippen molar-refractivity contribution in [1.82, 2.24) is 4.90 Å². The second-order valence-electron chi connectivity index (χ2n) is 4.90. The summed E-state index contributed by atoms with van der Waals surface area (Å²) in [6.45, 7) is 17.4. The van der Waals surface area contributed by atoms with Gasteiger partial charge in [-0.15, -0.1) is 0 Å². The van der Waals surface area contributed by atoms with Gasteiger partial charge < -0.3 is 4.90 Å². The highest BCUT2D eigenvalue weighted by Crippen LogP contribution is 2.32. The standard InChI is InChI=1S/C14H19NO/c1-7-11-9-10(3)15(14(4,5)6)13(16)12(11)8-2/h7-8H,1-3,9H2,4-6H3. The summed E-state index contributed by atoms with van der Waals surface area (Å²) in [6.07, 6.45) is 3.97. The highest BCUT2D eigenvalue weighted by molar-refractivity contribution is 6.00. The lowest BCUT2D eigenvalue weighted by Gasteiger charge is -2.40. The monoisotopic (exact) mass is 217 g/mol. The molecule has 1 aliphatic heterocycles. The van der Waals surface area contributed by atoms with Crippen LogP contribution in [-0.2, 0) is 4.79 Å². The second kappa shape index (κ2) is 4.12. The molecule has 0 fully saturated rings. The Morgan fingerprint density at radius 2 is 1.81 bits per heavy atom. The van der Waals surface area contributed by atoms with E-state index in [4.69, 9.17) is 0 Å². The van der Waals surface area contributed by atoms with Gasteiger partial charge in [0.2, 0.25) is 0 Å². The third-order valence-corrected chi connectivity index (χ3v) is 2.61. The van der Waals surface area contributed by atoms with Crippen LogP contribution < -0.4 is 0 Å². The molecule has 0 spiro atoms. The van der Waals surface area contributed by atoms with Crippen molar-refractivity contribution in [2.45, 2.75) is 32.7 Å². The minimum Gasteiger partial charge on any atom is -0.307 e. The van der Waals surface area contributed by atoms with Crippen LogP contribution in [0.1, 0.15) is 27.2 Å². The molecule has 1 amide bonds. The molecular weight excluding hydrogens is 198 g/mol. The summed E-state index contributed by atoms with van der Waals surface area (Å²) in [5.41, 5.74) is 2.11. The first kappa shape index (κ1) is 12.5. The normalized spacial score (nSPS) is 17.8. The molecule has 0 bridgehead atoms. The SMILES string of the molecule is C=CC1=C(C=C)C(=O)N(C(C)(C)C)C(=C)C1. The van der Waals surface area contributed by atoms with Gasteiger partial charge in [0.25, 0.3) is 5.91 Å². The molecule has 86 valence electrons. The second-order valence-corrected chi connectivity index (χ2v) is 4.90. The van der Waals surface area contributed by atoms with Crippen LogP contribution in [0.5, 0.6) is 0 Å². The molecule has 0 unspecified atom stereocenters. The Morgan fingerprint density at radius 3 is 2.19 bits per heavy atom. The summed E-state index contributed by atoms with van der Waals surface area (Å²) in [5, 5.41) is 0. The molecule has 0 N–H and O–H groups in total. The molecule has 2 heteroatoms. The highest BCUT2D eigenvalue weighted by atomic mass is 16.2. The summed E-state index contributed by atoms with van der Waals surface area (Å²) in [5.74, 6) is -0.0337. The van der Waals surface area contributed by atoms with E-state index in [9.17, 15) is 4.79 Å². The van der Waals surface area contributed by atoms with E-state index in [2.05, 4.69) is 19.7 Å². The molecule has 0 saturated carbocycles. The first-order valence-electron chi connectivity index (χ1n) is 5.33. The minimum absolute atomic E-state index is 0.0337. The van der Waals surface area contributed by atoms with E-state index in [1.807, 2.05) is 20.8 Å². The maximum Gasteiger partial charge on any atom is 0.258 e. The fraction of sp³-hybridized carbons (Fsp3) is 0.357. The molecule has 16 heavy (non-hydrogen) atoms. The first-order chi connectivity index (χ1) is 7.32. The lowest BCUT2D eigenvalue weighted by atomic mass is 9.92. The molecule has 0 atom stereocenters. The molecule has 2 nitrogen and oxygen atoms in total.